The predicted octanol–water partition coefficient (Wildman–Crippen LogP) is 1.66. The molecular formula is C6H5BrClNNaO2S. The van der Waals surface area contributed by atoms with Crippen LogP contribution in [-0.4, -0.2) is 38.0 Å². The second-order valence-corrected chi connectivity index (χ2v) is 4.05. The molecule has 13 heavy (non-hydrogen) atoms. The van der Waals surface area contributed by atoms with Crippen LogP contribution in [0.4, 0.5) is 5.69 Å². The molecule has 0 fully saturated rings. The van der Waals surface area contributed by atoms with Crippen molar-refractivity contribution in [2.75, 3.05) is 4.72 Å². The van der Waals surface area contributed by atoms with Crippen LogP contribution < -0.4 is 4.72 Å². The molecule has 0 aromatic heterocycles. The second kappa shape index (κ2) is 6.27. The van der Waals surface area contributed by atoms with Gasteiger partial charge in [-0.15, -0.1) is 0 Å². The van der Waals surface area contributed by atoms with Gasteiger partial charge < -0.3 is 0 Å². The summed E-state index contributed by atoms with van der Waals surface area (Å²) in [6.07, 6.45) is 0. The van der Waals surface area contributed by atoms with Crippen molar-refractivity contribution in [2.24, 2.45) is 0 Å². The Kier molecular flexibility index (Phi) is 6.62. The van der Waals surface area contributed by atoms with Crippen LogP contribution in [0.5, 0.6) is 0 Å². The normalized spacial score (nSPS) is 9.46. The Bertz CT molecular complexity index is 364. The fourth-order valence-corrected chi connectivity index (χ4v) is 1.86. The second-order valence-electron chi connectivity index (χ2n) is 1.99. The van der Waals surface area contributed by atoms with E-state index in [4.69, 9.17) is 11.6 Å². The zero-order chi connectivity index (χ0) is 9.14. The summed E-state index contributed by atoms with van der Waals surface area (Å²) in [5, 5.41) is 0.364. The summed E-state index contributed by atoms with van der Waals surface area (Å²) in [4.78, 5) is 0. The van der Waals surface area contributed by atoms with Gasteiger partial charge in [0.15, 0.2) is 0 Å². The van der Waals surface area contributed by atoms with Gasteiger partial charge in [0, 0.05) is 34.0 Å². The largest absolute Gasteiger partial charge is 0.284 e. The molecule has 0 heterocycles. The van der Waals surface area contributed by atoms with Gasteiger partial charge in [-0.25, -0.2) is 8.42 Å². The molecule has 1 N–H and O–H groups in total. The first-order valence-electron chi connectivity index (χ1n) is 2.95. The smallest absolute Gasteiger partial charge is 0.222 e. The van der Waals surface area contributed by atoms with Crippen molar-refractivity contribution >= 4 is 73.7 Å². The Labute approximate surface area is 113 Å². The number of anilines is 1. The van der Waals surface area contributed by atoms with E-state index in [2.05, 4.69) is 20.7 Å². The van der Waals surface area contributed by atoms with Crippen molar-refractivity contribution in [1.82, 2.24) is 0 Å². The molecule has 1 aromatic carbocycles. The minimum absolute atomic E-state index is 0. The molecule has 1 aromatic rings. The van der Waals surface area contributed by atoms with Crippen molar-refractivity contribution < 1.29 is 8.42 Å². The number of nitrogens with one attached hydrogen (secondary N) is 1. The SMILES string of the molecule is O=[SH](=O)Nc1ccc(Br)cc1Cl.[Na]. The van der Waals surface area contributed by atoms with E-state index < -0.39 is 10.9 Å². The average molecular weight is 294 g/mol. The van der Waals surface area contributed by atoms with Gasteiger partial charge >= 0.3 is 0 Å². The van der Waals surface area contributed by atoms with Gasteiger partial charge in [0.1, 0.15) is 0 Å². The van der Waals surface area contributed by atoms with E-state index in [1.807, 2.05) is 0 Å². The Morgan fingerprint density at radius 3 is 2.46 bits per heavy atom. The zero-order valence-electron chi connectivity index (χ0n) is 6.75. The quantitative estimate of drug-likeness (QED) is 0.643. The summed E-state index contributed by atoms with van der Waals surface area (Å²) in [5.74, 6) is 0. The zero-order valence-corrected chi connectivity index (χ0v) is 12.0. The summed E-state index contributed by atoms with van der Waals surface area (Å²) < 4.78 is 23.5. The Balaban J connectivity index is 0.00000144. The van der Waals surface area contributed by atoms with E-state index >= 15 is 0 Å². The number of halogens is 2. The van der Waals surface area contributed by atoms with Crippen LogP contribution in [0.3, 0.4) is 0 Å². The number of benzene rings is 1. The first-order chi connectivity index (χ1) is 5.59. The Morgan fingerprint density at radius 1 is 1.38 bits per heavy atom. The molecule has 0 bridgehead atoms. The van der Waals surface area contributed by atoms with Gasteiger partial charge in [0.25, 0.3) is 0 Å². The van der Waals surface area contributed by atoms with Gasteiger partial charge in [0.05, 0.1) is 10.7 Å². The third-order valence-electron chi connectivity index (χ3n) is 1.14. The van der Waals surface area contributed by atoms with Crippen LogP contribution in [0.15, 0.2) is 22.7 Å². The molecule has 0 spiro atoms. The van der Waals surface area contributed by atoms with Crippen molar-refractivity contribution in [3.05, 3.63) is 27.7 Å². The van der Waals surface area contributed by atoms with E-state index in [-0.39, 0.29) is 29.6 Å². The molecule has 1 radical (unpaired) electrons. The van der Waals surface area contributed by atoms with Crippen molar-refractivity contribution in [3.8, 4) is 0 Å². The van der Waals surface area contributed by atoms with E-state index in [0.29, 0.717) is 10.7 Å². The van der Waals surface area contributed by atoms with Crippen molar-refractivity contribution in [1.29, 1.82) is 0 Å². The molecule has 7 heteroatoms. The first kappa shape index (κ1) is 13.7. The fraction of sp³-hybridized carbons (Fsp3) is 0. The summed E-state index contributed by atoms with van der Waals surface area (Å²) in [7, 11) is -2.65. The van der Waals surface area contributed by atoms with Crippen LogP contribution in [0.2, 0.25) is 5.02 Å². The molecule has 1 rings (SSSR count). The third kappa shape index (κ3) is 4.67. The standard InChI is InChI=1S/C6H5BrClNO2S.Na/c7-4-1-2-6(5(8)3-4)9-12(10)11;/h1-3,12H,(H,9,10,11);. The minimum atomic E-state index is -2.65. The molecule has 0 aliphatic carbocycles. The van der Waals surface area contributed by atoms with E-state index in [9.17, 15) is 8.42 Å². The van der Waals surface area contributed by atoms with E-state index in [1.54, 1.807) is 18.2 Å². The molecule has 67 valence electrons. The maximum atomic E-state index is 10.3. The Hall–Kier alpha value is 0.740. The predicted molar refractivity (Wildman–Crippen MR) is 58.8 cm³/mol. The summed E-state index contributed by atoms with van der Waals surface area (Å²) in [6.45, 7) is 0. The van der Waals surface area contributed by atoms with Crippen LogP contribution in [-0.2, 0) is 10.9 Å². The van der Waals surface area contributed by atoms with E-state index in [0.717, 1.165) is 4.47 Å². The topological polar surface area (TPSA) is 46.2 Å². The third-order valence-corrected chi connectivity index (χ3v) is 2.37. The van der Waals surface area contributed by atoms with Gasteiger partial charge in [-0.2, -0.15) is 0 Å². The molecule has 3 nitrogen and oxygen atoms in total. The van der Waals surface area contributed by atoms with Gasteiger partial charge in [0.2, 0.25) is 10.9 Å². The number of rotatable bonds is 2. The van der Waals surface area contributed by atoms with Crippen LogP contribution >= 0.6 is 27.5 Å². The summed E-state index contributed by atoms with van der Waals surface area (Å²) in [6, 6.07) is 4.90. The van der Waals surface area contributed by atoms with E-state index in [1.165, 1.54) is 0 Å². The van der Waals surface area contributed by atoms with Crippen molar-refractivity contribution in [3.63, 3.8) is 0 Å². The number of thiol groups is 1. The number of hydrogen-bond donors (Lipinski definition) is 2. The van der Waals surface area contributed by atoms with Gasteiger partial charge in [-0.3, -0.25) is 4.72 Å². The minimum Gasteiger partial charge on any atom is -0.284 e. The Morgan fingerprint density at radius 2 is 2.00 bits per heavy atom. The number of hydrogen-bond acceptors (Lipinski definition) is 2. The molecule has 0 aliphatic rings. The molecule has 0 atom stereocenters. The fourth-order valence-electron chi connectivity index (χ4n) is 0.678. The molecule has 0 saturated carbocycles. The molecular weight excluding hydrogens is 288 g/mol. The monoisotopic (exact) mass is 292 g/mol. The summed E-state index contributed by atoms with van der Waals surface area (Å²) >= 11 is 8.91. The van der Waals surface area contributed by atoms with Crippen molar-refractivity contribution in [2.45, 2.75) is 0 Å². The first-order valence-corrected chi connectivity index (χ1v) is 5.30. The van der Waals surface area contributed by atoms with Crippen LogP contribution in [0, 0.1) is 0 Å². The summed E-state index contributed by atoms with van der Waals surface area (Å²) in [5.41, 5.74) is 0.385. The van der Waals surface area contributed by atoms with Gasteiger partial charge in [-0.1, -0.05) is 27.5 Å². The van der Waals surface area contributed by atoms with Gasteiger partial charge in [-0.05, 0) is 18.2 Å². The molecule has 0 aliphatic heterocycles. The molecule has 0 unspecified atom stereocenters. The van der Waals surface area contributed by atoms with Crippen LogP contribution in [0.1, 0.15) is 0 Å². The maximum Gasteiger partial charge on any atom is 0.222 e. The van der Waals surface area contributed by atoms with Crippen LogP contribution in [0.25, 0.3) is 0 Å². The molecule has 0 amide bonds. The maximum absolute atomic E-state index is 10.3. The average Bonchev–Trinajstić information content (AvgIpc) is 1.94. The molecule has 0 saturated heterocycles.